The van der Waals surface area contributed by atoms with Crippen molar-refractivity contribution in [1.82, 2.24) is 25.2 Å². The van der Waals surface area contributed by atoms with E-state index in [0.29, 0.717) is 18.5 Å². The Kier molecular flexibility index (Phi) is 5.12. The summed E-state index contributed by atoms with van der Waals surface area (Å²) < 4.78 is 3.13. The third kappa shape index (κ3) is 4.33. The van der Waals surface area contributed by atoms with Crippen LogP contribution in [-0.2, 0) is 24.8 Å². The number of amides is 1. The number of hydrogen-bond donors (Lipinski definition) is 2. The predicted octanol–water partition coefficient (Wildman–Crippen LogP) is -1.06. The number of nitrogens with zero attached hydrogens (tertiary/aromatic N) is 5. The number of nitrogens with one attached hydrogen (secondary N) is 1. The maximum absolute atomic E-state index is 11.9. The first-order valence-electron chi connectivity index (χ1n) is 6.75. The highest BCUT2D eigenvalue weighted by Gasteiger charge is 2.11. The molecular weight excluding hydrogens is 288 g/mol. The highest BCUT2D eigenvalue weighted by Crippen LogP contribution is 1.95. The molecule has 0 spiro atoms. The van der Waals surface area contributed by atoms with E-state index in [1.54, 1.807) is 24.0 Å². The van der Waals surface area contributed by atoms with Gasteiger partial charge in [0.25, 0.3) is 5.91 Å². The van der Waals surface area contributed by atoms with Crippen LogP contribution in [0.5, 0.6) is 0 Å². The summed E-state index contributed by atoms with van der Waals surface area (Å²) in [5.41, 5.74) is 0.421. The van der Waals surface area contributed by atoms with Crippen LogP contribution in [0.25, 0.3) is 0 Å². The summed E-state index contributed by atoms with van der Waals surface area (Å²) in [7, 11) is 1.79. The van der Waals surface area contributed by atoms with Gasteiger partial charge in [-0.25, -0.2) is 4.98 Å². The van der Waals surface area contributed by atoms with E-state index in [0.717, 1.165) is 5.82 Å². The Hall–Kier alpha value is -2.84. The second kappa shape index (κ2) is 7.25. The third-order valence-corrected chi connectivity index (χ3v) is 3.03. The van der Waals surface area contributed by atoms with Gasteiger partial charge in [0.15, 0.2) is 12.7 Å². The molecule has 0 fully saturated rings. The van der Waals surface area contributed by atoms with Gasteiger partial charge >= 0.3 is 5.97 Å². The van der Waals surface area contributed by atoms with Gasteiger partial charge in [-0.05, 0) is 5.10 Å². The number of carbonyl (C=O) groups excluding carboxylic acids is 1. The predicted molar refractivity (Wildman–Crippen MR) is 73.7 cm³/mol. The fraction of sp³-hybridized carbons (Fsp3) is 0.385. The molecule has 0 saturated heterocycles. The molecule has 0 atom stereocenters. The van der Waals surface area contributed by atoms with Crippen LogP contribution in [-0.4, -0.2) is 43.4 Å². The summed E-state index contributed by atoms with van der Waals surface area (Å²) in [6.45, 7) is 0.711. The van der Waals surface area contributed by atoms with Crippen molar-refractivity contribution < 1.29 is 19.4 Å². The zero-order valence-corrected chi connectivity index (χ0v) is 12.1. The maximum atomic E-state index is 11.9. The largest absolute Gasteiger partial charge is 0.481 e. The number of hydrogen-bond acceptors (Lipinski definition) is 5. The van der Waals surface area contributed by atoms with E-state index in [2.05, 4.69) is 20.5 Å². The Bertz CT molecular complexity index is 652. The molecule has 2 heterocycles. The molecule has 2 aromatic heterocycles. The van der Waals surface area contributed by atoms with Crippen molar-refractivity contribution >= 4 is 11.9 Å². The Morgan fingerprint density at radius 1 is 1.45 bits per heavy atom. The third-order valence-electron chi connectivity index (χ3n) is 3.03. The summed E-state index contributed by atoms with van der Waals surface area (Å²) in [5.74, 6) is -0.335. The molecule has 2 aromatic rings. The smallest absolute Gasteiger partial charge is 0.309 e. The monoisotopic (exact) mass is 305 g/mol. The van der Waals surface area contributed by atoms with Gasteiger partial charge in [-0.2, -0.15) is 5.10 Å². The first-order chi connectivity index (χ1) is 10.6. The molecule has 1 amide bonds. The van der Waals surface area contributed by atoms with Gasteiger partial charge < -0.3 is 10.4 Å². The summed E-state index contributed by atoms with van der Waals surface area (Å²) in [6, 6.07) is 1.60. The van der Waals surface area contributed by atoms with Crippen LogP contribution in [0.1, 0.15) is 22.6 Å². The standard InChI is InChI=1S/C13H16N6O3/c1-18-11(15-9-17-18)2-5-14-13(22)10-3-6-19(16-8-10)7-4-12(20)21/h3,6,8-9H,2,4-5,7H2,1H3,(H-,14,20,21,22)/p+1. The Morgan fingerprint density at radius 2 is 2.27 bits per heavy atom. The molecular formula is C13H17N6O3+. The molecule has 0 radical (unpaired) electrons. The maximum Gasteiger partial charge on any atom is 0.309 e. The van der Waals surface area contributed by atoms with Crippen LogP contribution < -0.4 is 10.00 Å². The number of rotatable bonds is 7. The highest BCUT2D eigenvalue weighted by molar-refractivity contribution is 5.93. The summed E-state index contributed by atoms with van der Waals surface area (Å²) in [4.78, 5) is 26.5. The lowest BCUT2D eigenvalue weighted by Crippen LogP contribution is -2.39. The SMILES string of the molecule is Cn1ncnc1CCNC(=O)c1cc[n+](CCC(=O)O)nc1. The zero-order valence-electron chi connectivity index (χ0n) is 12.1. The van der Waals surface area contributed by atoms with Gasteiger partial charge in [0.1, 0.15) is 24.8 Å². The molecule has 0 aliphatic heterocycles. The molecule has 0 aliphatic rings. The van der Waals surface area contributed by atoms with E-state index in [9.17, 15) is 9.59 Å². The van der Waals surface area contributed by atoms with E-state index in [-0.39, 0.29) is 18.9 Å². The molecule has 0 saturated carbocycles. The lowest BCUT2D eigenvalue weighted by molar-refractivity contribution is -0.753. The Morgan fingerprint density at radius 3 is 2.86 bits per heavy atom. The van der Waals surface area contributed by atoms with E-state index in [4.69, 9.17) is 5.11 Å². The summed E-state index contributed by atoms with van der Waals surface area (Å²) in [5, 5.41) is 19.3. The van der Waals surface area contributed by atoms with Crippen molar-refractivity contribution in [2.24, 2.45) is 7.05 Å². The number of carbonyl (C=O) groups is 2. The van der Waals surface area contributed by atoms with Gasteiger partial charge in [-0.15, -0.1) is 0 Å². The molecule has 0 aromatic carbocycles. The Balaban J connectivity index is 1.82. The lowest BCUT2D eigenvalue weighted by atomic mass is 10.3. The quantitative estimate of drug-likeness (QED) is 0.631. The summed E-state index contributed by atoms with van der Waals surface area (Å²) in [6.07, 6.45) is 5.04. The first kappa shape index (κ1) is 15.5. The summed E-state index contributed by atoms with van der Waals surface area (Å²) >= 11 is 0. The number of aryl methyl sites for hydroxylation is 2. The van der Waals surface area contributed by atoms with Gasteiger partial charge in [0.2, 0.25) is 0 Å². The Labute approximate surface area is 126 Å². The molecule has 2 N–H and O–H groups in total. The number of aromatic nitrogens is 5. The molecule has 22 heavy (non-hydrogen) atoms. The van der Waals surface area contributed by atoms with Crippen LogP contribution in [0.4, 0.5) is 0 Å². The van der Waals surface area contributed by atoms with Gasteiger partial charge in [0, 0.05) is 26.1 Å². The van der Waals surface area contributed by atoms with Gasteiger partial charge in [-0.1, -0.05) is 4.68 Å². The zero-order chi connectivity index (χ0) is 15.9. The first-order valence-corrected chi connectivity index (χ1v) is 6.75. The average molecular weight is 305 g/mol. The molecule has 0 aliphatic carbocycles. The number of carboxylic acids is 1. The molecule has 9 heteroatoms. The van der Waals surface area contributed by atoms with Crippen molar-refractivity contribution in [1.29, 1.82) is 0 Å². The van der Waals surface area contributed by atoms with Crippen molar-refractivity contribution in [3.63, 3.8) is 0 Å². The van der Waals surface area contributed by atoms with E-state index >= 15 is 0 Å². The van der Waals surface area contributed by atoms with Crippen molar-refractivity contribution in [2.45, 2.75) is 19.4 Å². The van der Waals surface area contributed by atoms with E-state index in [1.807, 2.05) is 0 Å². The minimum Gasteiger partial charge on any atom is -0.481 e. The van der Waals surface area contributed by atoms with Crippen molar-refractivity contribution in [3.8, 4) is 0 Å². The highest BCUT2D eigenvalue weighted by atomic mass is 16.4. The normalized spacial score (nSPS) is 10.4. The number of aliphatic carboxylic acids is 1. The van der Waals surface area contributed by atoms with Crippen molar-refractivity contribution in [2.75, 3.05) is 6.54 Å². The van der Waals surface area contributed by atoms with Gasteiger partial charge in [0.05, 0.1) is 5.56 Å². The minimum absolute atomic E-state index is 0.0130. The van der Waals surface area contributed by atoms with Crippen LogP contribution in [0.2, 0.25) is 0 Å². The lowest BCUT2D eigenvalue weighted by Gasteiger charge is -2.04. The van der Waals surface area contributed by atoms with E-state index < -0.39 is 5.97 Å². The van der Waals surface area contributed by atoms with Gasteiger partial charge in [-0.3, -0.25) is 14.3 Å². The average Bonchev–Trinajstić information content (AvgIpc) is 2.91. The molecule has 9 nitrogen and oxygen atoms in total. The van der Waals surface area contributed by atoms with E-state index in [1.165, 1.54) is 17.2 Å². The molecule has 0 unspecified atom stereocenters. The van der Waals surface area contributed by atoms with Crippen LogP contribution in [0, 0.1) is 0 Å². The second-order valence-electron chi connectivity index (χ2n) is 4.63. The number of carboxylic acid groups (broad SMARTS) is 1. The van der Waals surface area contributed by atoms with Crippen LogP contribution in [0.3, 0.4) is 0 Å². The topological polar surface area (TPSA) is 114 Å². The van der Waals surface area contributed by atoms with Crippen LogP contribution >= 0.6 is 0 Å². The fourth-order valence-corrected chi connectivity index (χ4v) is 1.80. The fourth-order valence-electron chi connectivity index (χ4n) is 1.80. The second-order valence-corrected chi connectivity index (χ2v) is 4.63. The van der Waals surface area contributed by atoms with Crippen LogP contribution in [0.15, 0.2) is 24.8 Å². The minimum atomic E-state index is -0.889. The molecule has 116 valence electrons. The molecule has 0 bridgehead atoms. The molecule has 2 rings (SSSR count). The van der Waals surface area contributed by atoms with Crippen molar-refractivity contribution in [3.05, 3.63) is 36.2 Å².